The first kappa shape index (κ1) is 18.1. The molecule has 2 aliphatic heterocycles. The third kappa shape index (κ3) is 4.20. The summed E-state index contributed by atoms with van der Waals surface area (Å²) in [4.78, 5) is 2.31. The van der Waals surface area contributed by atoms with Crippen molar-refractivity contribution in [3.63, 3.8) is 0 Å². The molecule has 2 atom stereocenters. The van der Waals surface area contributed by atoms with E-state index in [4.69, 9.17) is 9.47 Å². The van der Waals surface area contributed by atoms with E-state index in [1.54, 1.807) is 11.2 Å². The lowest BCUT2D eigenvalue weighted by molar-refractivity contribution is -0.0512. The average Bonchev–Trinajstić information content (AvgIpc) is 2.71. The first-order chi connectivity index (χ1) is 10.3. The topological polar surface area (TPSA) is 59.1 Å². The summed E-state index contributed by atoms with van der Waals surface area (Å²) in [5, 5.41) is 0. The van der Waals surface area contributed by atoms with E-state index in [2.05, 4.69) is 25.8 Å². The summed E-state index contributed by atoms with van der Waals surface area (Å²) < 4.78 is 37.7. The normalized spacial score (nSPS) is 31.3. The molecule has 2 saturated heterocycles. The average molecular weight is 334 g/mol. The molecule has 0 aromatic carbocycles. The van der Waals surface area contributed by atoms with Crippen LogP contribution in [0.1, 0.15) is 27.2 Å². The summed E-state index contributed by atoms with van der Waals surface area (Å²) in [6.45, 7) is 9.48. The third-order valence-electron chi connectivity index (χ3n) is 4.79. The molecule has 7 heteroatoms. The molecule has 1 spiro atoms. The van der Waals surface area contributed by atoms with Crippen molar-refractivity contribution in [1.29, 1.82) is 0 Å². The van der Waals surface area contributed by atoms with Crippen LogP contribution in [-0.4, -0.2) is 81.5 Å². The van der Waals surface area contributed by atoms with Crippen molar-refractivity contribution >= 4 is 10.0 Å². The van der Waals surface area contributed by atoms with Crippen LogP contribution in [0.15, 0.2) is 0 Å². The maximum atomic E-state index is 12.2. The first-order valence-corrected chi connectivity index (χ1v) is 9.79. The highest BCUT2D eigenvalue weighted by Crippen LogP contribution is 2.34. The minimum Gasteiger partial charge on any atom is -0.377 e. The van der Waals surface area contributed by atoms with Crippen molar-refractivity contribution in [2.75, 3.05) is 52.3 Å². The smallest absolute Gasteiger partial charge is 0.214 e. The Balaban J connectivity index is 2.04. The number of ether oxygens (including phenoxy) is 2. The fraction of sp³-hybridized carbons (Fsp3) is 1.00. The molecule has 130 valence electrons. The van der Waals surface area contributed by atoms with Crippen LogP contribution in [0.2, 0.25) is 0 Å². The monoisotopic (exact) mass is 334 g/mol. The summed E-state index contributed by atoms with van der Waals surface area (Å²) in [7, 11) is -1.08. The van der Waals surface area contributed by atoms with Gasteiger partial charge >= 0.3 is 0 Å². The quantitative estimate of drug-likeness (QED) is 0.744. The van der Waals surface area contributed by atoms with Gasteiger partial charge in [-0.25, -0.2) is 8.42 Å². The van der Waals surface area contributed by atoms with Gasteiger partial charge in [-0.15, -0.1) is 0 Å². The first-order valence-electron chi connectivity index (χ1n) is 8.18. The van der Waals surface area contributed by atoms with E-state index in [0.717, 1.165) is 13.0 Å². The van der Waals surface area contributed by atoms with Crippen molar-refractivity contribution in [2.24, 2.45) is 5.92 Å². The lowest BCUT2D eigenvalue weighted by Crippen LogP contribution is -2.46. The summed E-state index contributed by atoms with van der Waals surface area (Å²) in [6.07, 6.45) is 0.861. The highest BCUT2D eigenvalue weighted by molar-refractivity contribution is 7.89. The lowest BCUT2D eigenvalue weighted by Gasteiger charge is -2.31. The van der Waals surface area contributed by atoms with Crippen LogP contribution >= 0.6 is 0 Å². The van der Waals surface area contributed by atoms with Gasteiger partial charge in [0.15, 0.2) is 0 Å². The summed E-state index contributed by atoms with van der Waals surface area (Å²) >= 11 is 0. The van der Waals surface area contributed by atoms with E-state index in [9.17, 15) is 8.42 Å². The predicted octanol–water partition coefficient (Wildman–Crippen LogP) is 0.784. The van der Waals surface area contributed by atoms with E-state index >= 15 is 0 Å². The molecule has 0 N–H and O–H groups in total. The van der Waals surface area contributed by atoms with Crippen molar-refractivity contribution in [3.8, 4) is 0 Å². The van der Waals surface area contributed by atoms with Crippen LogP contribution < -0.4 is 0 Å². The molecule has 6 nitrogen and oxygen atoms in total. The number of hydrogen-bond acceptors (Lipinski definition) is 5. The summed E-state index contributed by atoms with van der Waals surface area (Å²) in [5.41, 5.74) is -0.471. The highest BCUT2D eigenvalue weighted by Gasteiger charge is 2.45. The van der Waals surface area contributed by atoms with Crippen LogP contribution in [0.3, 0.4) is 0 Å². The number of nitrogens with zero attached hydrogens (tertiary/aromatic N) is 2. The van der Waals surface area contributed by atoms with Crippen molar-refractivity contribution < 1.29 is 17.9 Å². The third-order valence-corrected chi connectivity index (χ3v) is 6.61. The molecule has 0 aliphatic carbocycles. The number of hydrogen-bond donors (Lipinski definition) is 0. The van der Waals surface area contributed by atoms with Crippen LogP contribution in [0.5, 0.6) is 0 Å². The minimum atomic E-state index is -3.20. The molecule has 0 amide bonds. The molecule has 2 heterocycles. The minimum absolute atomic E-state index is 0.128. The lowest BCUT2D eigenvalue weighted by atomic mass is 9.94. The largest absolute Gasteiger partial charge is 0.377 e. The van der Waals surface area contributed by atoms with Gasteiger partial charge in [0, 0.05) is 25.7 Å². The summed E-state index contributed by atoms with van der Waals surface area (Å²) in [6, 6.07) is 0.499. The molecule has 0 unspecified atom stereocenters. The SMILES string of the molecule is CCS(=O)(=O)N1CCOC[C@]2(C[C@@H](CN(C)C(C)C)CO2)C1. The molecular weight excluding hydrogens is 304 g/mol. The Hall–Kier alpha value is -0.210. The zero-order chi connectivity index (χ0) is 16.4. The Morgan fingerprint density at radius 1 is 1.41 bits per heavy atom. The van der Waals surface area contributed by atoms with E-state index < -0.39 is 15.6 Å². The molecule has 2 rings (SSSR count). The van der Waals surface area contributed by atoms with Gasteiger partial charge in [-0.05, 0) is 40.2 Å². The maximum Gasteiger partial charge on any atom is 0.214 e. The Kier molecular flexibility index (Phi) is 5.88. The van der Waals surface area contributed by atoms with Crippen molar-refractivity contribution in [3.05, 3.63) is 0 Å². The standard InChI is InChI=1S/C15H30N2O4S/c1-5-22(18,19)17-6-7-20-12-15(11-17)8-14(10-21-15)9-16(4)13(2)3/h13-14H,5-12H2,1-4H3/t14-,15-/m0/s1. The fourth-order valence-electron chi connectivity index (χ4n) is 3.18. The zero-order valence-electron chi connectivity index (χ0n) is 14.2. The summed E-state index contributed by atoms with van der Waals surface area (Å²) in [5.74, 6) is 0.558. The Morgan fingerprint density at radius 2 is 2.14 bits per heavy atom. The van der Waals surface area contributed by atoms with Gasteiger partial charge in [0.2, 0.25) is 10.0 Å². The Bertz CT molecular complexity index is 468. The van der Waals surface area contributed by atoms with Crippen LogP contribution in [0.4, 0.5) is 0 Å². The van der Waals surface area contributed by atoms with Crippen molar-refractivity contribution in [2.45, 2.75) is 38.8 Å². The zero-order valence-corrected chi connectivity index (χ0v) is 15.1. The van der Waals surface area contributed by atoms with Gasteiger partial charge in [-0.2, -0.15) is 4.31 Å². The predicted molar refractivity (Wildman–Crippen MR) is 86.4 cm³/mol. The molecule has 0 saturated carbocycles. The molecule has 0 aromatic rings. The van der Waals surface area contributed by atoms with Crippen molar-refractivity contribution in [1.82, 2.24) is 9.21 Å². The van der Waals surface area contributed by atoms with Crippen LogP contribution in [0, 0.1) is 5.92 Å². The molecular formula is C15H30N2O4S. The maximum absolute atomic E-state index is 12.2. The highest BCUT2D eigenvalue weighted by atomic mass is 32.2. The molecule has 0 radical (unpaired) electrons. The number of sulfonamides is 1. The van der Waals surface area contributed by atoms with Crippen LogP contribution in [0.25, 0.3) is 0 Å². The second-order valence-corrected chi connectivity index (χ2v) is 9.14. The van der Waals surface area contributed by atoms with E-state index in [1.165, 1.54) is 0 Å². The molecule has 2 fully saturated rings. The van der Waals surface area contributed by atoms with Gasteiger partial charge in [0.1, 0.15) is 5.60 Å². The van der Waals surface area contributed by atoms with Gasteiger partial charge in [-0.1, -0.05) is 0 Å². The number of rotatable bonds is 5. The fourth-order valence-corrected chi connectivity index (χ4v) is 4.33. The van der Waals surface area contributed by atoms with Gasteiger partial charge in [0.25, 0.3) is 0 Å². The van der Waals surface area contributed by atoms with E-state index in [1.807, 2.05) is 0 Å². The van der Waals surface area contributed by atoms with Gasteiger partial charge < -0.3 is 14.4 Å². The molecule has 0 bridgehead atoms. The van der Waals surface area contributed by atoms with Crippen LogP contribution in [-0.2, 0) is 19.5 Å². The van der Waals surface area contributed by atoms with E-state index in [-0.39, 0.29) is 5.75 Å². The molecule has 2 aliphatic rings. The second-order valence-electron chi connectivity index (χ2n) is 6.88. The Morgan fingerprint density at radius 3 is 2.77 bits per heavy atom. The molecule has 22 heavy (non-hydrogen) atoms. The second kappa shape index (κ2) is 7.13. The van der Waals surface area contributed by atoms with Gasteiger partial charge in [-0.3, -0.25) is 0 Å². The van der Waals surface area contributed by atoms with Gasteiger partial charge in [0.05, 0.1) is 25.6 Å². The Labute approximate surface area is 134 Å². The van der Waals surface area contributed by atoms with E-state index in [0.29, 0.717) is 44.9 Å². The molecule has 0 aromatic heterocycles.